The molecule has 0 aromatic rings. The van der Waals surface area contributed by atoms with Crippen molar-refractivity contribution in [1.29, 1.82) is 0 Å². The van der Waals surface area contributed by atoms with Gasteiger partial charge in [-0.15, -0.1) is 0 Å². The van der Waals surface area contributed by atoms with Crippen molar-refractivity contribution < 1.29 is 44.5 Å². The fraction of sp³-hybridized carbons (Fsp3) is 0.750. The van der Waals surface area contributed by atoms with Crippen LogP contribution in [0.5, 0.6) is 0 Å². The summed E-state index contributed by atoms with van der Waals surface area (Å²) in [5.41, 5.74) is 0. The molecule has 0 spiro atoms. The second-order valence-corrected chi connectivity index (χ2v) is 2.18. The van der Waals surface area contributed by atoms with Crippen LogP contribution in [-0.2, 0) is 4.79 Å². The Hall–Kier alpha value is -1.00. The number of carbonyl (C=O) groups excluding carboxylic acids is 1. The topological polar surface area (TPSA) is 23.0 Å². The fourth-order valence-electron chi connectivity index (χ4n) is 0.418. The number of hydrogen-bond acceptors (Lipinski definition) is 1. The average molecular weight is 249 g/mol. The van der Waals surface area contributed by atoms with E-state index in [9.17, 15) is 44.5 Å². The lowest BCUT2D eigenvalue weighted by Gasteiger charge is -2.23. The van der Waals surface area contributed by atoms with Crippen LogP contribution in [-0.4, -0.2) is 23.9 Å². The van der Waals surface area contributed by atoms with Gasteiger partial charge in [0.2, 0.25) is 0 Å². The molecule has 0 unspecified atom stereocenters. The quantitative estimate of drug-likeness (QED) is 0.543. The number of alkyl halides is 7. The monoisotopic (exact) mass is 249 g/mol. The molecule has 0 aliphatic carbocycles. The first-order valence-electron chi connectivity index (χ1n) is 2.84. The van der Waals surface area contributed by atoms with Gasteiger partial charge in [-0.3, -0.25) is 0 Å². The molecule has 15 heavy (non-hydrogen) atoms. The minimum absolute atomic E-state index is 3.04. The molecule has 0 aromatic carbocycles. The summed E-state index contributed by atoms with van der Waals surface area (Å²) in [6, 6.07) is 0. The standard InChI is InChI=1S/C4F9NO/c5-2(6,1(15)14(12)13)3(7,8)4(9,10)11/q+1. The van der Waals surface area contributed by atoms with Gasteiger partial charge in [-0.1, -0.05) is 0 Å². The first-order valence-corrected chi connectivity index (χ1v) is 2.84. The van der Waals surface area contributed by atoms with Crippen LogP contribution in [0, 0.1) is 0 Å². The third kappa shape index (κ3) is 2.16. The fourth-order valence-corrected chi connectivity index (χ4v) is 0.418. The zero-order valence-electron chi connectivity index (χ0n) is 6.26. The molecule has 1 amide bonds. The van der Waals surface area contributed by atoms with Crippen molar-refractivity contribution in [1.82, 2.24) is 5.34 Å². The Morgan fingerprint density at radius 2 is 1.20 bits per heavy atom. The van der Waals surface area contributed by atoms with Crippen LogP contribution in [0.3, 0.4) is 0 Å². The average Bonchev–Trinajstić information content (AvgIpc) is 2.00. The van der Waals surface area contributed by atoms with Gasteiger partial charge in [0.15, 0.2) is 0 Å². The van der Waals surface area contributed by atoms with E-state index in [1.165, 1.54) is 0 Å². The first kappa shape index (κ1) is 14.0. The molecule has 0 fully saturated rings. The van der Waals surface area contributed by atoms with Crippen molar-refractivity contribution in [2.45, 2.75) is 18.0 Å². The molecule has 0 rings (SSSR count). The Morgan fingerprint density at radius 3 is 1.40 bits per heavy atom. The predicted molar refractivity (Wildman–Crippen MR) is 25.3 cm³/mol. The maximum absolute atomic E-state index is 12.0. The van der Waals surface area contributed by atoms with Gasteiger partial charge in [-0.25, -0.2) is 4.79 Å². The highest BCUT2D eigenvalue weighted by atomic mass is 19.4. The van der Waals surface area contributed by atoms with Gasteiger partial charge in [0.1, 0.15) is 8.96 Å². The molecule has 0 saturated heterocycles. The molecule has 11 heteroatoms. The predicted octanol–water partition coefficient (Wildman–Crippen LogP) is 2.25. The number of rotatable bonds is 2. The summed E-state index contributed by atoms with van der Waals surface area (Å²) < 4.78 is 104. The zero-order chi connectivity index (χ0) is 12.7. The van der Waals surface area contributed by atoms with E-state index in [-0.39, 0.29) is 0 Å². The van der Waals surface area contributed by atoms with Crippen LogP contribution in [0.1, 0.15) is 0 Å². The number of halogens is 9. The van der Waals surface area contributed by atoms with Crippen molar-refractivity contribution in [2.24, 2.45) is 0 Å². The van der Waals surface area contributed by atoms with E-state index in [1.54, 1.807) is 0 Å². The molecule has 0 aliphatic rings. The van der Waals surface area contributed by atoms with Gasteiger partial charge in [-0.05, 0) is 0 Å². The van der Waals surface area contributed by atoms with Crippen LogP contribution in [0.25, 0.3) is 0 Å². The zero-order valence-corrected chi connectivity index (χ0v) is 6.26. The van der Waals surface area contributed by atoms with Gasteiger partial charge in [0, 0.05) is 0 Å². The van der Waals surface area contributed by atoms with Crippen LogP contribution >= 0.6 is 0 Å². The maximum atomic E-state index is 12.0. The Labute approximate surface area is 75.1 Å². The number of nitrogens with zero attached hydrogens (tertiary/aromatic N) is 1. The number of amides is 1. The third-order valence-electron chi connectivity index (χ3n) is 1.17. The minimum atomic E-state index is -6.87. The number of carbonyl (C=O) groups is 1. The molecule has 1 radical (unpaired) electrons. The Bertz CT molecular complexity index is 255. The van der Waals surface area contributed by atoms with Crippen LogP contribution in [0.4, 0.5) is 39.7 Å². The van der Waals surface area contributed by atoms with Gasteiger partial charge in [-0.2, -0.15) is 30.7 Å². The molecule has 0 aromatic heterocycles. The molecule has 0 bridgehead atoms. The SMILES string of the molecule is O=C([N+](F)F)C(F)(F)C(F)(F)C(F)(F)F. The lowest BCUT2D eigenvalue weighted by molar-refractivity contribution is -0.347. The summed E-state index contributed by atoms with van der Waals surface area (Å²) in [5.74, 6) is -17.4. The number of hydrogen-bond donors (Lipinski definition) is 0. The lowest BCUT2D eigenvalue weighted by Crippen LogP contribution is -2.59. The molecular weight excluding hydrogens is 249 g/mol. The second kappa shape index (κ2) is 3.54. The highest BCUT2D eigenvalue weighted by molar-refractivity contribution is 5.84. The normalized spacial score (nSPS) is 14.5. The van der Waals surface area contributed by atoms with Crippen molar-refractivity contribution in [3.63, 3.8) is 0 Å². The Morgan fingerprint density at radius 1 is 0.867 bits per heavy atom. The molecular formula is C4F9NO+. The van der Waals surface area contributed by atoms with E-state index < -0.39 is 29.3 Å². The molecule has 2 nitrogen and oxygen atoms in total. The molecule has 0 N–H and O–H groups in total. The van der Waals surface area contributed by atoms with Crippen molar-refractivity contribution in [3.8, 4) is 0 Å². The van der Waals surface area contributed by atoms with E-state index in [2.05, 4.69) is 0 Å². The van der Waals surface area contributed by atoms with E-state index in [1.807, 2.05) is 0 Å². The van der Waals surface area contributed by atoms with Crippen LogP contribution in [0.2, 0.25) is 0 Å². The van der Waals surface area contributed by atoms with E-state index in [0.717, 1.165) is 0 Å². The Kier molecular flexibility index (Phi) is 3.30. The lowest BCUT2D eigenvalue weighted by atomic mass is 10.1. The Balaban J connectivity index is 5.29. The highest BCUT2D eigenvalue weighted by Crippen LogP contribution is 2.47. The maximum Gasteiger partial charge on any atom is 0.529 e. The van der Waals surface area contributed by atoms with Gasteiger partial charge < -0.3 is 0 Å². The van der Waals surface area contributed by atoms with Crippen molar-refractivity contribution in [2.75, 3.05) is 0 Å². The van der Waals surface area contributed by atoms with Crippen molar-refractivity contribution in [3.05, 3.63) is 0 Å². The summed E-state index contributed by atoms with van der Waals surface area (Å²) in [4.78, 5) is 9.70. The van der Waals surface area contributed by atoms with Gasteiger partial charge in [0.25, 0.3) is 0 Å². The van der Waals surface area contributed by atoms with Gasteiger partial charge >= 0.3 is 29.3 Å². The molecule has 0 saturated carbocycles. The van der Waals surface area contributed by atoms with Crippen molar-refractivity contribution >= 4 is 5.91 Å². The summed E-state index contributed by atoms with van der Waals surface area (Å²) in [6.07, 6.45) is -6.82. The highest BCUT2D eigenvalue weighted by Gasteiger charge is 2.81. The first-order chi connectivity index (χ1) is 6.35. The van der Waals surface area contributed by atoms with Crippen LogP contribution in [0.15, 0.2) is 0 Å². The van der Waals surface area contributed by atoms with E-state index in [4.69, 9.17) is 0 Å². The molecule has 0 aliphatic heterocycles. The molecule has 89 valence electrons. The van der Waals surface area contributed by atoms with Crippen LogP contribution < -0.4 is 5.34 Å². The minimum Gasteiger partial charge on any atom is -0.208 e. The largest absolute Gasteiger partial charge is 0.529 e. The third-order valence-corrected chi connectivity index (χ3v) is 1.17. The smallest absolute Gasteiger partial charge is 0.208 e. The van der Waals surface area contributed by atoms with E-state index >= 15 is 0 Å². The summed E-state index contributed by atoms with van der Waals surface area (Å²) in [5, 5.41) is -3.04. The molecule has 0 atom stereocenters. The van der Waals surface area contributed by atoms with E-state index in [0.29, 0.717) is 0 Å². The summed E-state index contributed by atoms with van der Waals surface area (Å²) >= 11 is 0. The van der Waals surface area contributed by atoms with Gasteiger partial charge in [0.05, 0.1) is 0 Å². The summed E-state index contributed by atoms with van der Waals surface area (Å²) in [6.45, 7) is 0. The molecule has 0 heterocycles. The second-order valence-electron chi connectivity index (χ2n) is 2.18. The summed E-state index contributed by atoms with van der Waals surface area (Å²) in [7, 11) is 0.